The predicted octanol–water partition coefficient (Wildman–Crippen LogP) is 1.82. The fourth-order valence-electron chi connectivity index (χ4n) is 1.39. The van der Waals surface area contributed by atoms with Crippen molar-refractivity contribution in [3.05, 3.63) is 29.6 Å². The van der Waals surface area contributed by atoms with Gasteiger partial charge < -0.3 is 9.84 Å². The first-order valence-electron chi connectivity index (χ1n) is 4.22. The maximum Gasteiger partial charge on any atom is 0.132 e. The molecule has 0 amide bonds. The van der Waals surface area contributed by atoms with Crippen molar-refractivity contribution in [1.82, 2.24) is 0 Å². The van der Waals surface area contributed by atoms with Crippen LogP contribution in [-0.4, -0.2) is 12.2 Å². The summed E-state index contributed by atoms with van der Waals surface area (Å²) in [7, 11) is 1.49. The Morgan fingerprint density at radius 3 is 2.62 bits per heavy atom. The molecule has 0 aromatic heterocycles. The molecule has 2 rings (SSSR count). The molecule has 3 heteroatoms. The highest BCUT2D eigenvalue weighted by Crippen LogP contribution is 2.46. The van der Waals surface area contributed by atoms with E-state index in [4.69, 9.17) is 4.74 Å². The number of ether oxygens (including phenoxy) is 1. The molecule has 13 heavy (non-hydrogen) atoms. The van der Waals surface area contributed by atoms with Crippen molar-refractivity contribution < 1.29 is 14.2 Å². The Balaban J connectivity index is 2.38. The predicted molar refractivity (Wildman–Crippen MR) is 46.1 cm³/mol. The molecule has 0 atom stereocenters. The van der Waals surface area contributed by atoms with E-state index in [0.29, 0.717) is 24.2 Å². The third-order valence-corrected chi connectivity index (χ3v) is 2.40. The summed E-state index contributed by atoms with van der Waals surface area (Å²) >= 11 is 0. The number of halogens is 1. The molecule has 0 bridgehead atoms. The van der Waals surface area contributed by atoms with Crippen molar-refractivity contribution in [2.75, 3.05) is 7.11 Å². The fraction of sp³-hybridized carbons (Fsp3) is 0.400. The van der Waals surface area contributed by atoms with Crippen molar-refractivity contribution in [2.24, 2.45) is 0 Å². The highest BCUT2D eigenvalue weighted by molar-refractivity contribution is 5.35. The Hall–Kier alpha value is -1.09. The molecule has 1 aliphatic carbocycles. The van der Waals surface area contributed by atoms with Crippen LogP contribution in [0.15, 0.2) is 18.2 Å². The number of hydrogen-bond donors (Lipinski definition) is 1. The Labute approximate surface area is 76.0 Å². The lowest BCUT2D eigenvalue weighted by atomic mass is 10.1. The molecule has 1 aliphatic rings. The summed E-state index contributed by atoms with van der Waals surface area (Å²) in [5.41, 5.74) is -0.524. The number of benzene rings is 1. The smallest absolute Gasteiger partial charge is 0.132 e. The van der Waals surface area contributed by atoms with Crippen LogP contribution in [0.4, 0.5) is 4.39 Å². The highest BCUT2D eigenvalue weighted by Gasteiger charge is 2.44. The van der Waals surface area contributed by atoms with Gasteiger partial charge in [0.15, 0.2) is 0 Å². The van der Waals surface area contributed by atoms with Gasteiger partial charge in [-0.3, -0.25) is 0 Å². The van der Waals surface area contributed by atoms with E-state index in [1.165, 1.54) is 13.2 Å². The van der Waals surface area contributed by atoms with Gasteiger partial charge in [0, 0.05) is 11.6 Å². The minimum atomic E-state index is -0.906. The number of methoxy groups -OCH3 is 1. The number of aliphatic hydroxyl groups is 1. The Morgan fingerprint density at radius 2 is 2.15 bits per heavy atom. The average molecular weight is 182 g/mol. The lowest BCUT2D eigenvalue weighted by Crippen LogP contribution is -2.07. The van der Waals surface area contributed by atoms with Gasteiger partial charge in [-0.2, -0.15) is 0 Å². The Bertz CT molecular complexity index is 332. The maximum absolute atomic E-state index is 13.3. The van der Waals surface area contributed by atoms with Gasteiger partial charge in [0.25, 0.3) is 0 Å². The van der Waals surface area contributed by atoms with Crippen LogP contribution in [0.1, 0.15) is 18.4 Å². The van der Waals surface area contributed by atoms with Crippen LogP contribution >= 0.6 is 0 Å². The molecular formula is C10H11FO2. The zero-order chi connectivity index (χ0) is 9.47. The molecule has 0 heterocycles. The van der Waals surface area contributed by atoms with E-state index in [9.17, 15) is 9.50 Å². The summed E-state index contributed by atoms with van der Waals surface area (Å²) in [6.45, 7) is 0. The summed E-state index contributed by atoms with van der Waals surface area (Å²) in [5, 5.41) is 9.66. The molecule has 1 aromatic carbocycles. The van der Waals surface area contributed by atoms with Crippen molar-refractivity contribution in [2.45, 2.75) is 18.4 Å². The van der Waals surface area contributed by atoms with Crippen LogP contribution < -0.4 is 4.74 Å². The van der Waals surface area contributed by atoms with Gasteiger partial charge in [0.2, 0.25) is 0 Å². The summed E-state index contributed by atoms with van der Waals surface area (Å²) in [6.07, 6.45) is 1.30. The topological polar surface area (TPSA) is 29.5 Å². The van der Waals surface area contributed by atoms with Crippen LogP contribution in [0.2, 0.25) is 0 Å². The fourth-order valence-corrected chi connectivity index (χ4v) is 1.39. The average Bonchev–Trinajstić information content (AvgIpc) is 2.84. The van der Waals surface area contributed by atoms with E-state index in [1.54, 1.807) is 12.1 Å². The second kappa shape index (κ2) is 2.70. The molecule has 1 N–H and O–H groups in total. The third kappa shape index (κ3) is 1.40. The molecule has 0 aliphatic heterocycles. The van der Waals surface area contributed by atoms with Gasteiger partial charge >= 0.3 is 0 Å². The Morgan fingerprint density at radius 1 is 1.46 bits per heavy atom. The SMILES string of the molecule is COc1ccc(C2(O)CC2)c(F)c1. The van der Waals surface area contributed by atoms with E-state index < -0.39 is 5.60 Å². The minimum absolute atomic E-state index is 0.383. The van der Waals surface area contributed by atoms with Gasteiger partial charge in [0.05, 0.1) is 12.7 Å². The van der Waals surface area contributed by atoms with Crippen LogP contribution in [0.5, 0.6) is 5.75 Å². The van der Waals surface area contributed by atoms with Gasteiger partial charge in [-0.05, 0) is 25.0 Å². The van der Waals surface area contributed by atoms with Gasteiger partial charge in [-0.15, -0.1) is 0 Å². The lowest BCUT2D eigenvalue weighted by molar-refractivity contribution is 0.146. The largest absolute Gasteiger partial charge is 0.497 e. The van der Waals surface area contributed by atoms with Crippen LogP contribution in [0.3, 0.4) is 0 Å². The molecule has 0 spiro atoms. The van der Waals surface area contributed by atoms with E-state index in [0.717, 1.165) is 0 Å². The molecular weight excluding hydrogens is 171 g/mol. The monoisotopic (exact) mass is 182 g/mol. The highest BCUT2D eigenvalue weighted by atomic mass is 19.1. The zero-order valence-electron chi connectivity index (χ0n) is 7.38. The molecule has 1 saturated carbocycles. The molecule has 0 unspecified atom stereocenters. The lowest BCUT2D eigenvalue weighted by Gasteiger charge is -2.09. The first-order chi connectivity index (χ1) is 6.15. The van der Waals surface area contributed by atoms with Crippen molar-refractivity contribution >= 4 is 0 Å². The van der Waals surface area contributed by atoms with Crippen LogP contribution in [-0.2, 0) is 5.60 Å². The van der Waals surface area contributed by atoms with Gasteiger partial charge in [-0.1, -0.05) is 0 Å². The normalized spacial score (nSPS) is 18.4. The van der Waals surface area contributed by atoms with Crippen LogP contribution in [0, 0.1) is 5.82 Å². The standard InChI is InChI=1S/C10H11FO2/c1-13-7-2-3-8(9(11)6-7)10(12)4-5-10/h2-3,6,12H,4-5H2,1H3. The minimum Gasteiger partial charge on any atom is -0.497 e. The molecule has 1 fully saturated rings. The second-order valence-electron chi connectivity index (χ2n) is 3.38. The number of rotatable bonds is 2. The summed E-state index contributed by atoms with van der Waals surface area (Å²) in [5.74, 6) is 0.0878. The molecule has 70 valence electrons. The maximum atomic E-state index is 13.3. The molecule has 0 saturated heterocycles. The van der Waals surface area contributed by atoms with Crippen molar-refractivity contribution in [3.63, 3.8) is 0 Å². The third-order valence-electron chi connectivity index (χ3n) is 2.40. The zero-order valence-corrected chi connectivity index (χ0v) is 7.38. The van der Waals surface area contributed by atoms with Crippen LogP contribution in [0.25, 0.3) is 0 Å². The van der Waals surface area contributed by atoms with Crippen molar-refractivity contribution in [1.29, 1.82) is 0 Å². The number of hydrogen-bond acceptors (Lipinski definition) is 2. The van der Waals surface area contributed by atoms with E-state index in [2.05, 4.69) is 0 Å². The first kappa shape index (κ1) is 8.51. The van der Waals surface area contributed by atoms with E-state index in [1.807, 2.05) is 0 Å². The summed E-state index contributed by atoms with van der Waals surface area (Å²) in [6, 6.07) is 4.54. The van der Waals surface area contributed by atoms with Crippen molar-refractivity contribution in [3.8, 4) is 5.75 Å². The van der Waals surface area contributed by atoms with E-state index >= 15 is 0 Å². The van der Waals surface area contributed by atoms with Gasteiger partial charge in [-0.25, -0.2) is 4.39 Å². The second-order valence-corrected chi connectivity index (χ2v) is 3.38. The van der Waals surface area contributed by atoms with E-state index in [-0.39, 0.29) is 5.82 Å². The molecule has 1 aromatic rings. The molecule has 2 nitrogen and oxygen atoms in total. The van der Waals surface area contributed by atoms with Gasteiger partial charge in [0.1, 0.15) is 11.6 Å². The molecule has 0 radical (unpaired) electrons. The first-order valence-corrected chi connectivity index (χ1v) is 4.22. The summed E-state index contributed by atoms with van der Waals surface area (Å²) in [4.78, 5) is 0. The summed E-state index contributed by atoms with van der Waals surface area (Å²) < 4.78 is 18.2. The quantitative estimate of drug-likeness (QED) is 0.755. The Kier molecular flexibility index (Phi) is 1.77.